The maximum Gasteiger partial charge on any atom is 0.323 e. The summed E-state index contributed by atoms with van der Waals surface area (Å²) in [6.07, 6.45) is 1.50. The quantitative estimate of drug-likeness (QED) is 0.676. The predicted octanol–water partition coefficient (Wildman–Crippen LogP) is 0.849. The minimum atomic E-state index is -1.05. The van der Waals surface area contributed by atoms with E-state index in [4.69, 9.17) is 10.8 Å². The minimum Gasteiger partial charge on any atom is -0.480 e. The van der Waals surface area contributed by atoms with Gasteiger partial charge in [0.1, 0.15) is 6.54 Å². The number of carbonyl (C=O) groups is 2. The van der Waals surface area contributed by atoms with Gasteiger partial charge in [0.05, 0.1) is 5.41 Å². The van der Waals surface area contributed by atoms with Crippen molar-refractivity contribution in [3.8, 4) is 0 Å². The fourth-order valence-corrected chi connectivity index (χ4v) is 1.21. The summed E-state index contributed by atoms with van der Waals surface area (Å²) in [6.45, 7) is 10.3. The van der Waals surface area contributed by atoms with Gasteiger partial charge in [-0.25, -0.2) is 0 Å². The van der Waals surface area contributed by atoms with E-state index in [9.17, 15) is 9.59 Å². The summed E-state index contributed by atoms with van der Waals surface area (Å²) < 4.78 is 0. The lowest BCUT2D eigenvalue weighted by molar-refractivity contribution is -0.150. The molecule has 0 heterocycles. The Kier molecular flexibility index (Phi) is 4.89. The monoisotopic (exact) mass is 242 g/mol. The standard InChI is InChI=1S/C12H22N2O3/c1-6-7-14(8-9(15)16)10(17)11(2,3)12(4,5)13/h6H,1,7-8,13H2,2-5H3,(H,15,16). The molecule has 0 radical (unpaired) electrons. The van der Waals surface area contributed by atoms with Crippen molar-refractivity contribution < 1.29 is 14.7 Å². The van der Waals surface area contributed by atoms with E-state index >= 15 is 0 Å². The number of hydrogen-bond acceptors (Lipinski definition) is 3. The van der Waals surface area contributed by atoms with Crippen molar-refractivity contribution in [3.05, 3.63) is 12.7 Å². The third kappa shape index (κ3) is 3.85. The zero-order valence-corrected chi connectivity index (χ0v) is 11.0. The fraction of sp³-hybridized carbons (Fsp3) is 0.667. The molecule has 5 nitrogen and oxygen atoms in total. The first-order valence-corrected chi connectivity index (χ1v) is 5.45. The molecule has 0 atom stereocenters. The zero-order chi connectivity index (χ0) is 13.9. The summed E-state index contributed by atoms with van der Waals surface area (Å²) in [5, 5.41) is 8.77. The molecule has 1 amide bonds. The predicted molar refractivity (Wildman–Crippen MR) is 66.5 cm³/mol. The SMILES string of the molecule is C=CCN(CC(=O)O)C(=O)C(C)(C)C(C)(C)N. The lowest BCUT2D eigenvalue weighted by Crippen LogP contribution is -2.57. The molecule has 0 aliphatic rings. The van der Waals surface area contributed by atoms with E-state index in [1.54, 1.807) is 27.7 Å². The molecule has 0 aromatic rings. The molecular formula is C12H22N2O3. The molecule has 5 heteroatoms. The van der Waals surface area contributed by atoms with Crippen molar-refractivity contribution in [1.29, 1.82) is 0 Å². The van der Waals surface area contributed by atoms with Gasteiger partial charge in [-0.2, -0.15) is 0 Å². The van der Waals surface area contributed by atoms with E-state index in [1.165, 1.54) is 11.0 Å². The average Bonchev–Trinajstić information content (AvgIpc) is 2.13. The molecule has 3 N–H and O–H groups in total. The van der Waals surface area contributed by atoms with Crippen LogP contribution in [0.5, 0.6) is 0 Å². The average molecular weight is 242 g/mol. The van der Waals surface area contributed by atoms with Crippen LogP contribution in [0.25, 0.3) is 0 Å². The van der Waals surface area contributed by atoms with Crippen LogP contribution in [-0.2, 0) is 9.59 Å². The van der Waals surface area contributed by atoms with Crippen molar-refractivity contribution in [2.75, 3.05) is 13.1 Å². The van der Waals surface area contributed by atoms with Crippen LogP contribution in [-0.4, -0.2) is 40.5 Å². The zero-order valence-electron chi connectivity index (χ0n) is 11.0. The second kappa shape index (κ2) is 5.31. The number of amides is 1. The van der Waals surface area contributed by atoms with Crippen LogP contribution in [0.3, 0.4) is 0 Å². The van der Waals surface area contributed by atoms with Crippen molar-refractivity contribution in [3.63, 3.8) is 0 Å². The van der Waals surface area contributed by atoms with E-state index in [0.717, 1.165) is 0 Å². The van der Waals surface area contributed by atoms with Gasteiger partial charge >= 0.3 is 5.97 Å². The van der Waals surface area contributed by atoms with E-state index in [-0.39, 0.29) is 19.0 Å². The van der Waals surface area contributed by atoms with Crippen LogP contribution in [0.2, 0.25) is 0 Å². The van der Waals surface area contributed by atoms with Crippen molar-refractivity contribution in [2.45, 2.75) is 33.2 Å². The second-order valence-corrected chi connectivity index (χ2v) is 5.21. The van der Waals surface area contributed by atoms with Gasteiger partial charge in [-0.1, -0.05) is 6.08 Å². The highest BCUT2D eigenvalue weighted by atomic mass is 16.4. The highest BCUT2D eigenvalue weighted by Gasteiger charge is 2.42. The first kappa shape index (κ1) is 15.6. The van der Waals surface area contributed by atoms with Gasteiger partial charge in [-0.05, 0) is 27.7 Å². The van der Waals surface area contributed by atoms with Gasteiger partial charge in [0.15, 0.2) is 0 Å². The lowest BCUT2D eigenvalue weighted by atomic mass is 9.74. The number of carboxylic acid groups (broad SMARTS) is 1. The molecule has 0 saturated carbocycles. The summed E-state index contributed by atoms with van der Waals surface area (Å²) in [4.78, 5) is 24.2. The van der Waals surface area contributed by atoms with Crippen LogP contribution in [0.15, 0.2) is 12.7 Å². The Balaban J connectivity index is 5.07. The van der Waals surface area contributed by atoms with Gasteiger partial charge in [-0.15, -0.1) is 6.58 Å². The molecule has 0 rings (SSSR count). The van der Waals surface area contributed by atoms with Crippen LogP contribution in [0, 0.1) is 5.41 Å². The number of rotatable bonds is 6. The second-order valence-electron chi connectivity index (χ2n) is 5.21. The summed E-state index contributed by atoms with van der Waals surface area (Å²) in [7, 11) is 0. The van der Waals surface area contributed by atoms with E-state index in [2.05, 4.69) is 6.58 Å². The largest absolute Gasteiger partial charge is 0.480 e. The number of nitrogens with zero attached hydrogens (tertiary/aromatic N) is 1. The van der Waals surface area contributed by atoms with Gasteiger partial charge in [0, 0.05) is 12.1 Å². The molecule has 0 aromatic heterocycles. The summed E-state index contributed by atoms with van der Waals surface area (Å²) >= 11 is 0. The molecule has 0 unspecified atom stereocenters. The molecule has 0 bridgehead atoms. The summed E-state index contributed by atoms with van der Waals surface area (Å²) in [5.41, 5.74) is 4.38. The number of nitrogens with two attached hydrogens (primary N) is 1. The Labute approximate surface area is 102 Å². The van der Waals surface area contributed by atoms with Crippen molar-refractivity contribution in [1.82, 2.24) is 4.90 Å². The first-order chi connectivity index (χ1) is 7.54. The molecule has 0 spiro atoms. The van der Waals surface area contributed by atoms with E-state index in [0.29, 0.717) is 0 Å². The topological polar surface area (TPSA) is 83.6 Å². The number of hydrogen-bond donors (Lipinski definition) is 2. The molecule has 98 valence electrons. The fourth-order valence-electron chi connectivity index (χ4n) is 1.21. The maximum atomic E-state index is 12.3. The van der Waals surface area contributed by atoms with Crippen LogP contribution < -0.4 is 5.73 Å². The van der Waals surface area contributed by atoms with Gasteiger partial charge in [0.25, 0.3) is 0 Å². The minimum absolute atomic E-state index is 0.199. The van der Waals surface area contributed by atoms with Crippen LogP contribution >= 0.6 is 0 Å². The summed E-state index contributed by atoms with van der Waals surface area (Å²) in [5.74, 6) is -1.34. The van der Waals surface area contributed by atoms with E-state index < -0.39 is 16.9 Å². The molecule has 0 fully saturated rings. The first-order valence-electron chi connectivity index (χ1n) is 5.45. The molecule has 0 aliphatic heterocycles. The van der Waals surface area contributed by atoms with Crippen molar-refractivity contribution in [2.24, 2.45) is 11.1 Å². The Morgan fingerprint density at radius 2 is 1.82 bits per heavy atom. The van der Waals surface area contributed by atoms with Crippen LogP contribution in [0.4, 0.5) is 0 Å². The van der Waals surface area contributed by atoms with Crippen LogP contribution in [0.1, 0.15) is 27.7 Å². The van der Waals surface area contributed by atoms with Crippen molar-refractivity contribution >= 4 is 11.9 Å². The Hall–Kier alpha value is -1.36. The van der Waals surface area contributed by atoms with Gasteiger partial charge in [0.2, 0.25) is 5.91 Å². The lowest BCUT2D eigenvalue weighted by Gasteiger charge is -2.40. The molecule has 0 saturated heterocycles. The highest BCUT2D eigenvalue weighted by Crippen LogP contribution is 2.30. The molecule has 0 aliphatic carbocycles. The van der Waals surface area contributed by atoms with Gasteiger partial charge in [-0.3, -0.25) is 9.59 Å². The molecule has 17 heavy (non-hydrogen) atoms. The molecular weight excluding hydrogens is 220 g/mol. The third-order valence-corrected chi connectivity index (χ3v) is 3.11. The highest BCUT2D eigenvalue weighted by molar-refractivity contribution is 5.86. The number of aliphatic carboxylic acids is 1. The summed E-state index contributed by atoms with van der Waals surface area (Å²) in [6, 6.07) is 0. The molecule has 0 aromatic carbocycles. The third-order valence-electron chi connectivity index (χ3n) is 3.11. The smallest absolute Gasteiger partial charge is 0.323 e. The Bertz CT molecular complexity index is 316. The number of carboxylic acids is 1. The van der Waals surface area contributed by atoms with E-state index in [1.807, 2.05) is 0 Å². The Morgan fingerprint density at radius 3 is 2.12 bits per heavy atom. The maximum absolute atomic E-state index is 12.3. The normalized spacial score (nSPS) is 12.1. The Morgan fingerprint density at radius 1 is 1.35 bits per heavy atom. The van der Waals surface area contributed by atoms with Gasteiger partial charge < -0.3 is 15.7 Å². The number of carbonyl (C=O) groups excluding carboxylic acids is 1.